The molecule has 1 N–H and O–H groups in total. The van der Waals surface area contributed by atoms with Crippen molar-refractivity contribution in [3.63, 3.8) is 0 Å². The maximum absolute atomic E-state index is 12.9. The summed E-state index contributed by atoms with van der Waals surface area (Å²) >= 11 is 0. The van der Waals surface area contributed by atoms with Gasteiger partial charge < -0.3 is 28.5 Å². The molecule has 2 unspecified atom stereocenters. The molecule has 0 aliphatic rings. The predicted molar refractivity (Wildman–Crippen MR) is 350 cm³/mol. The van der Waals surface area contributed by atoms with E-state index in [2.05, 4.69) is 184 Å². The van der Waals surface area contributed by atoms with Crippen LogP contribution in [0.3, 0.4) is 0 Å². The Balaban J connectivity index is 4.27. The number of likely N-dealkylation sites (N-methyl/N-ethyl adjacent to an activating group) is 1. The number of nitrogens with zero attached hydrogens (tertiary/aromatic N) is 1. The molecule has 2 atom stereocenters. The SMILES string of the molecule is CC/C=C\C/C=C\C/C=C\C/C=C\C/C=C\C/C=C\C/C=C\C/C=C\C/C=C\C/C=C\C/C=C\C/C=C\CCCCCCC(=O)OC(COC(=O)CCCCCCC/C=C\C/C=C\CCCCCC)COC(OCC[N+](C)(C)C)C(=O)O. The van der Waals surface area contributed by atoms with Crippen molar-refractivity contribution < 1.29 is 42.9 Å². The zero-order valence-corrected chi connectivity index (χ0v) is 52.3. The van der Waals surface area contributed by atoms with Gasteiger partial charge in [0.15, 0.2) is 6.10 Å². The van der Waals surface area contributed by atoms with E-state index in [1.165, 1.54) is 32.1 Å². The van der Waals surface area contributed by atoms with Crippen LogP contribution in [0.5, 0.6) is 0 Å². The fourth-order valence-corrected chi connectivity index (χ4v) is 7.85. The average molecular weight is 1140 g/mol. The first-order chi connectivity index (χ1) is 40.1. The molecule has 0 rings (SSSR count). The van der Waals surface area contributed by atoms with Crippen molar-refractivity contribution in [3.8, 4) is 0 Å². The molecule has 0 aliphatic heterocycles. The molecule has 9 heteroatoms. The summed E-state index contributed by atoms with van der Waals surface area (Å²) in [5, 5.41) is 9.71. The Kier molecular flexibility index (Phi) is 57.7. The van der Waals surface area contributed by atoms with Gasteiger partial charge in [0.2, 0.25) is 0 Å². The summed E-state index contributed by atoms with van der Waals surface area (Å²) in [6.45, 7) is 4.67. The molecule has 0 aliphatic carbocycles. The maximum atomic E-state index is 12.9. The van der Waals surface area contributed by atoms with Gasteiger partial charge >= 0.3 is 17.9 Å². The Labute approximate surface area is 501 Å². The number of allylic oxidation sites excluding steroid dienone is 28. The Bertz CT molecular complexity index is 1950. The van der Waals surface area contributed by atoms with Crippen molar-refractivity contribution in [1.29, 1.82) is 0 Å². The van der Waals surface area contributed by atoms with E-state index < -0.39 is 24.3 Å². The summed E-state index contributed by atoms with van der Waals surface area (Å²) in [5.74, 6) is -2.08. The zero-order valence-electron chi connectivity index (χ0n) is 52.3. The molecule has 0 aromatic carbocycles. The van der Waals surface area contributed by atoms with E-state index in [9.17, 15) is 19.5 Å². The van der Waals surface area contributed by atoms with Crippen LogP contribution in [0.25, 0.3) is 0 Å². The number of quaternary nitrogens is 1. The van der Waals surface area contributed by atoms with Gasteiger partial charge in [-0.3, -0.25) is 9.59 Å². The number of carbonyl (C=O) groups excluding carboxylic acids is 2. The van der Waals surface area contributed by atoms with Gasteiger partial charge in [-0.2, -0.15) is 0 Å². The first-order valence-corrected chi connectivity index (χ1v) is 31.8. The van der Waals surface area contributed by atoms with E-state index in [1.54, 1.807) is 0 Å². The van der Waals surface area contributed by atoms with Crippen LogP contribution in [0.1, 0.15) is 213 Å². The molecule has 460 valence electrons. The van der Waals surface area contributed by atoms with Crippen LogP contribution >= 0.6 is 0 Å². The fourth-order valence-electron chi connectivity index (χ4n) is 7.85. The van der Waals surface area contributed by atoms with E-state index >= 15 is 0 Å². The summed E-state index contributed by atoms with van der Waals surface area (Å²) < 4.78 is 22.8. The second-order valence-corrected chi connectivity index (χ2v) is 21.6. The van der Waals surface area contributed by atoms with Crippen molar-refractivity contribution in [1.82, 2.24) is 0 Å². The number of hydrogen-bond acceptors (Lipinski definition) is 7. The number of unbranched alkanes of at least 4 members (excludes halogenated alkanes) is 13. The topological polar surface area (TPSA) is 108 Å². The molecule has 0 aromatic rings. The lowest BCUT2D eigenvalue weighted by Gasteiger charge is -2.25. The van der Waals surface area contributed by atoms with Gasteiger partial charge in [-0.1, -0.05) is 235 Å². The zero-order chi connectivity index (χ0) is 59.8. The monoisotopic (exact) mass is 1130 g/mol. The molecule has 9 nitrogen and oxygen atoms in total. The summed E-state index contributed by atoms with van der Waals surface area (Å²) in [6.07, 6.45) is 90.2. The highest BCUT2D eigenvalue weighted by atomic mass is 16.7. The second-order valence-electron chi connectivity index (χ2n) is 21.6. The van der Waals surface area contributed by atoms with Gasteiger partial charge in [-0.15, -0.1) is 0 Å². The van der Waals surface area contributed by atoms with E-state index in [0.29, 0.717) is 17.4 Å². The third kappa shape index (κ3) is 62.3. The predicted octanol–water partition coefficient (Wildman–Crippen LogP) is 19.5. The number of carboxylic acid groups (broad SMARTS) is 1. The molecule has 0 aromatic heterocycles. The quantitative estimate of drug-likeness (QED) is 0.0211. The van der Waals surface area contributed by atoms with Crippen molar-refractivity contribution in [2.24, 2.45) is 0 Å². The van der Waals surface area contributed by atoms with Crippen molar-refractivity contribution >= 4 is 17.9 Å². The van der Waals surface area contributed by atoms with Crippen molar-refractivity contribution in [2.75, 3.05) is 47.5 Å². The molecule has 0 radical (unpaired) electrons. The fraction of sp³-hybridized carbons (Fsp3) is 0.575. The number of carboxylic acids is 1. The van der Waals surface area contributed by atoms with Crippen LogP contribution in [0.2, 0.25) is 0 Å². The molecule has 0 bridgehead atoms. The van der Waals surface area contributed by atoms with Gasteiger partial charge in [-0.25, -0.2) is 4.79 Å². The normalized spacial score (nSPS) is 13.9. The van der Waals surface area contributed by atoms with Gasteiger partial charge in [-0.05, 0) is 135 Å². The van der Waals surface area contributed by atoms with Crippen molar-refractivity contribution in [2.45, 2.75) is 225 Å². The average Bonchev–Trinajstić information content (AvgIpc) is 3.45. The van der Waals surface area contributed by atoms with E-state index in [4.69, 9.17) is 18.9 Å². The molecule has 0 amide bonds. The third-order valence-corrected chi connectivity index (χ3v) is 12.7. The molecule has 82 heavy (non-hydrogen) atoms. The van der Waals surface area contributed by atoms with Crippen molar-refractivity contribution in [3.05, 3.63) is 170 Å². The number of rotatable bonds is 56. The minimum atomic E-state index is -1.53. The first kappa shape index (κ1) is 76.7. The molecule has 0 saturated heterocycles. The molecule has 0 fully saturated rings. The maximum Gasteiger partial charge on any atom is 0.361 e. The van der Waals surface area contributed by atoms with Crippen LogP contribution in [-0.2, 0) is 33.3 Å². The van der Waals surface area contributed by atoms with E-state index in [1.807, 2.05) is 21.1 Å². The van der Waals surface area contributed by atoms with Crippen LogP contribution in [0.4, 0.5) is 0 Å². The second kappa shape index (κ2) is 61.7. The van der Waals surface area contributed by atoms with Crippen LogP contribution in [0.15, 0.2) is 170 Å². The Morgan fingerprint density at radius 3 is 1.04 bits per heavy atom. The summed E-state index contributed by atoms with van der Waals surface area (Å²) in [7, 11) is 5.94. The van der Waals surface area contributed by atoms with Crippen LogP contribution < -0.4 is 0 Å². The summed E-state index contributed by atoms with van der Waals surface area (Å²) in [6, 6.07) is 0. The molecule has 0 spiro atoms. The number of aliphatic carboxylic acids is 1. The number of ether oxygens (including phenoxy) is 4. The summed E-state index contributed by atoms with van der Waals surface area (Å²) in [4.78, 5) is 37.4. The Morgan fingerprint density at radius 1 is 0.378 bits per heavy atom. The lowest BCUT2D eigenvalue weighted by molar-refractivity contribution is -0.870. The molecular weight excluding hydrogens is 1020 g/mol. The highest BCUT2D eigenvalue weighted by Gasteiger charge is 2.25. The standard InChI is InChI=1S/C73H115NO8/c1-6-8-10-12-14-16-18-20-22-24-25-26-27-28-29-30-31-32-33-34-35-36-37-38-39-40-41-42-43-44-45-46-47-48-50-52-54-56-58-60-62-64-71(76)82-69(68-81-73(72(77)78)79-66-65-74(3,4)5)67-80-70(75)63-61-59-57-55-53-51-49-23-21-19-17-15-13-11-9-7-2/h8,10,14,16-17,19-20,22-23,25-26,28-29,31-32,34-35,37-38,40-41,43-44,46-47,49-50,52,69,73H,6-7,9,11-13,15,18,21,24,27,30,33,36,39,42,45,48,51,53-68H2,1-5H3/p+1/b10-8-,16-14-,19-17-,22-20-,26-25-,29-28-,32-31-,35-34-,38-37-,41-40-,44-43-,47-46-,49-23-,52-50-. The van der Waals surface area contributed by atoms with E-state index in [-0.39, 0.29) is 38.6 Å². The van der Waals surface area contributed by atoms with Crippen LogP contribution in [0, 0.1) is 0 Å². The number of esters is 2. The Hall–Kier alpha value is -5.35. The smallest absolute Gasteiger partial charge is 0.361 e. The number of hydrogen-bond donors (Lipinski definition) is 1. The summed E-state index contributed by atoms with van der Waals surface area (Å²) in [5.41, 5.74) is 0. The van der Waals surface area contributed by atoms with Gasteiger partial charge in [0.25, 0.3) is 6.29 Å². The molecule has 0 saturated carbocycles. The minimum absolute atomic E-state index is 0.171. The molecular formula is C73H116NO8+. The van der Waals surface area contributed by atoms with Gasteiger partial charge in [0.1, 0.15) is 13.2 Å². The van der Waals surface area contributed by atoms with E-state index in [0.717, 1.165) is 148 Å². The minimum Gasteiger partial charge on any atom is -0.477 e. The number of carbonyl (C=O) groups is 3. The largest absolute Gasteiger partial charge is 0.477 e. The third-order valence-electron chi connectivity index (χ3n) is 12.7. The van der Waals surface area contributed by atoms with Gasteiger partial charge in [0, 0.05) is 12.8 Å². The highest BCUT2D eigenvalue weighted by molar-refractivity contribution is 5.71. The van der Waals surface area contributed by atoms with Crippen LogP contribution in [-0.4, -0.2) is 87.4 Å². The molecule has 0 heterocycles. The Morgan fingerprint density at radius 2 is 0.695 bits per heavy atom. The lowest BCUT2D eigenvalue weighted by Crippen LogP contribution is -2.40. The highest BCUT2D eigenvalue weighted by Crippen LogP contribution is 2.13. The lowest BCUT2D eigenvalue weighted by atomic mass is 10.1. The first-order valence-electron chi connectivity index (χ1n) is 31.8. The van der Waals surface area contributed by atoms with Gasteiger partial charge in [0.05, 0.1) is 34.4 Å².